The first-order valence-electron chi connectivity index (χ1n) is 10.6. The molecule has 4 rings (SSSR count). The first-order chi connectivity index (χ1) is 16.1. The van der Waals surface area contributed by atoms with Crippen LogP contribution in [0.1, 0.15) is 27.0 Å². The van der Waals surface area contributed by atoms with Gasteiger partial charge in [-0.15, -0.1) is 5.69 Å². The van der Waals surface area contributed by atoms with Crippen molar-refractivity contribution in [3.05, 3.63) is 93.3 Å². The number of hydrogen-bond donors (Lipinski definition) is 0. The third kappa shape index (κ3) is 6.58. The normalized spacial score (nSPS) is 12.9. The van der Waals surface area contributed by atoms with Gasteiger partial charge in [0, 0.05) is 47.6 Å². The summed E-state index contributed by atoms with van der Waals surface area (Å²) in [5.41, 5.74) is 4.06. The van der Waals surface area contributed by atoms with E-state index >= 15 is 0 Å². The molecule has 1 heterocycles. The Morgan fingerprint density at radius 3 is 2.62 bits per heavy atom. The predicted molar refractivity (Wildman–Crippen MR) is 135 cm³/mol. The Kier molecular flexibility index (Phi) is 10.3. The minimum atomic E-state index is -0.315. The van der Waals surface area contributed by atoms with E-state index < -0.39 is 0 Å². The van der Waals surface area contributed by atoms with Crippen molar-refractivity contribution >= 4 is 40.5 Å². The Balaban J connectivity index is 0.00000324. The molecule has 5 nitrogen and oxygen atoms in total. The summed E-state index contributed by atoms with van der Waals surface area (Å²) in [4.78, 5) is 15.5. The predicted octanol–water partition coefficient (Wildman–Crippen LogP) is 3.35. The summed E-state index contributed by atoms with van der Waals surface area (Å²) >= 11 is 8.14. The standard InChI is InChI=1S/C26H23ClN3O2S.K/c1-18-14-21(30-10-12-33-13-11-30)7-8-24(18)29-17-32-25-9-6-20(27)15-23(25)26(31)22-5-3-2-4-19(22)16-28;/h2-9,14-15H,10-13,17H2,1H3;/q-1;+1. The maximum absolute atomic E-state index is 13.1. The van der Waals surface area contributed by atoms with Crippen molar-refractivity contribution in [2.24, 2.45) is 0 Å². The summed E-state index contributed by atoms with van der Waals surface area (Å²) in [5.74, 6) is 2.37. The quantitative estimate of drug-likeness (QED) is 0.356. The Hall–Kier alpha value is -1.50. The minimum absolute atomic E-state index is 0. The first-order valence-corrected chi connectivity index (χ1v) is 12.2. The number of halogens is 1. The summed E-state index contributed by atoms with van der Waals surface area (Å²) in [7, 11) is 0. The van der Waals surface area contributed by atoms with Crippen molar-refractivity contribution in [1.29, 1.82) is 5.26 Å². The molecule has 0 N–H and O–H groups in total. The van der Waals surface area contributed by atoms with Gasteiger partial charge in [-0.25, -0.2) is 0 Å². The van der Waals surface area contributed by atoms with Gasteiger partial charge < -0.3 is 15.0 Å². The van der Waals surface area contributed by atoms with Crippen LogP contribution in [-0.4, -0.2) is 37.1 Å². The van der Waals surface area contributed by atoms with E-state index in [1.54, 1.807) is 42.5 Å². The molecule has 1 saturated heterocycles. The van der Waals surface area contributed by atoms with E-state index in [9.17, 15) is 10.1 Å². The Morgan fingerprint density at radius 2 is 1.88 bits per heavy atom. The van der Waals surface area contributed by atoms with Crippen LogP contribution in [-0.2, 0) is 0 Å². The van der Waals surface area contributed by atoms with E-state index in [2.05, 4.69) is 28.4 Å². The number of benzene rings is 3. The molecular weight excluding hydrogens is 493 g/mol. The number of nitriles is 1. The number of rotatable bonds is 7. The van der Waals surface area contributed by atoms with Crippen molar-refractivity contribution in [1.82, 2.24) is 0 Å². The topological polar surface area (TPSA) is 67.4 Å². The summed E-state index contributed by atoms with van der Waals surface area (Å²) in [5, 5.41) is 14.3. The van der Waals surface area contributed by atoms with Crippen LogP contribution in [0.4, 0.5) is 11.4 Å². The Morgan fingerprint density at radius 1 is 1.12 bits per heavy atom. The number of nitrogens with zero attached hydrogens (tertiary/aromatic N) is 3. The average molecular weight is 516 g/mol. The van der Waals surface area contributed by atoms with Crippen LogP contribution < -0.4 is 61.0 Å². The van der Waals surface area contributed by atoms with Crippen LogP contribution in [0.25, 0.3) is 5.32 Å². The van der Waals surface area contributed by atoms with Gasteiger partial charge in [0.15, 0.2) is 5.78 Å². The van der Waals surface area contributed by atoms with Crippen molar-refractivity contribution in [2.75, 3.05) is 36.2 Å². The van der Waals surface area contributed by atoms with Crippen molar-refractivity contribution in [3.8, 4) is 11.8 Å². The van der Waals surface area contributed by atoms with Gasteiger partial charge in [0.25, 0.3) is 0 Å². The van der Waals surface area contributed by atoms with E-state index in [-0.39, 0.29) is 63.9 Å². The van der Waals surface area contributed by atoms with E-state index in [0.717, 1.165) is 35.8 Å². The molecule has 168 valence electrons. The smallest absolute Gasteiger partial charge is 0.652 e. The number of hydrogen-bond acceptors (Lipinski definition) is 5. The molecule has 0 spiro atoms. The monoisotopic (exact) mass is 515 g/mol. The van der Waals surface area contributed by atoms with Crippen molar-refractivity contribution in [3.63, 3.8) is 0 Å². The van der Waals surface area contributed by atoms with Crippen LogP contribution in [0.2, 0.25) is 5.02 Å². The Labute approximate surface area is 252 Å². The zero-order valence-corrected chi connectivity index (χ0v) is 23.9. The number of carbonyl (C=O) groups is 1. The van der Waals surface area contributed by atoms with E-state index in [4.69, 9.17) is 16.3 Å². The second-order valence-corrected chi connectivity index (χ2v) is 9.29. The third-order valence-corrected chi connectivity index (χ3v) is 6.67. The van der Waals surface area contributed by atoms with Crippen LogP contribution in [0, 0.1) is 18.3 Å². The first kappa shape index (κ1) is 27.1. The van der Waals surface area contributed by atoms with E-state index in [0.29, 0.717) is 27.5 Å². The van der Waals surface area contributed by atoms with Gasteiger partial charge in [-0.05, 0) is 49.4 Å². The molecule has 1 aliphatic rings. The fourth-order valence-electron chi connectivity index (χ4n) is 3.74. The van der Waals surface area contributed by atoms with Crippen LogP contribution in [0.15, 0.2) is 60.7 Å². The molecule has 1 aliphatic heterocycles. The van der Waals surface area contributed by atoms with Gasteiger partial charge in [0.2, 0.25) is 0 Å². The van der Waals surface area contributed by atoms with Gasteiger partial charge in [-0.3, -0.25) is 4.79 Å². The number of ether oxygens (including phenoxy) is 1. The second kappa shape index (κ2) is 13.0. The fourth-order valence-corrected chi connectivity index (χ4v) is 4.81. The van der Waals surface area contributed by atoms with E-state index in [1.807, 2.05) is 24.8 Å². The molecule has 34 heavy (non-hydrogen) atoms. The molecule has 0 aliphatic carbocycles. The molecule has 0 unspecified atom stereocenters. The molecular formula is C26H23ClKN3O2S. The van der Waals surface area contributed by atoms with Gasteiger partial charge in [-0.1, -0.05) is 35.4 Å². The van der Waals surface area contributed by atoms with Crippen LogP contribution >= 0.6 is 23.4 Å². The van der Waals surface area contributed by atoms with Crippen LogP contribution in [0.5, 0.6) is 5.75 Å². The van der Waals surface area contributed by atoms with Gasteiger partial charge in [0.1, 0.15) is 5.75 Å². The summed E-state index contributed by atoms with van der Waals surface area (Å²) in [6.45, 7) is 4.22. The zero-order chi connectivity index (χ0) is 23.2. The molecule has 3 aromatic rings. The van der Waals surface area contributed by atoms with Crippen molar-refractivity contribution < 1.29 is 60.9 Å². The molecule has 0 amide bonds. The average Bonchev–Trinajstić information content (AvgIpc) is 2.85. The van der Waals surface area contributed by atoms with Gasteiger partial charge in [0.05, 0.1) is 17.2 Å². The summed E-state index contributed by atoms with van der Waals surface area (Å²) < 4.78 is 5.87. The third-order valence-electron chi connectivity index (χ3n) is 5.49. The Bertz CT molecular complexity index is 1210. The number of aryl methyl sites for hydroxylation is 1. The van der Waals surface area contributed by atoms with Crippen LogP contribution in [0.3, 0.4) is 0 Å². The summed E-state index contributed by atoms with van der Waals surface area (Å²) in [6, 6.07) is 19.9. The minimum Gasteiger partial charge on any atom is -0.652 e. The largest absolute Gasteiger partial charge is 1.00 e. The van der Waals surface area contributed by atoms with Gasteiger partial charge >= 0.3 is 51.4 Å². The maximum atomic E-state index is 13.1. The molecule has 3 aromatic carbocycles. The number of thioether (sulfide) groups is 1. The molecule has 0 radical (unpaired) electrons. The number of ketones is 1. The SMILES string of the molecule is Cc1cc(N2CCSCC2)ccc1[N-]COc1ccc(Cl)cc1C(=O)c1ccccc1C#N.[K+]. The second-order valence-electron chi connectivity index (χ2n) is 7.63. The molecule has 8 heteroatoms. The number of carbonyl (C=O) groups excluding carboxylic acids is 1. The summed E-state index contributed by atoms with van der Waals surface area (Å²) in [6.07, 6.45) is 0. The van der Waals surface area contributed by atoms with E-state index in [1.165, 1.54) is 5.69 Å². The number of anilines is 1. The molecule has 0 saturated carbocycles. The van der Waals surface area contributed by atoms with Crippen molar-refractivity contribution in [2.45, 2.75) is 6.92 Å². The maximum Gasteiger partial charge on any atom is 1.00 e. The van der Waals surface area contributed by atoms with Gasteiger partial charge in [-0.2, -0.15) is 17.0 Å². The zero-order valence-electron chi connectivity index (χ0n) is 19.3. The molecule has 0 bridgehead atoms. The molecule has 0 atom stereocenters. The molecule has 1 fully saturated rings. The molecule has 0 aromatic heterocycles. The fraction of sp³-hybridized carbons (Fsp3) is 0.231.